The Morgan fingerprint density at radius 2 is 1.81 bits per heavy atom. The van der Waals surface area contributed by atoms with Crippen molar-refractivity contribution in [3.8, 4) is 0 Å². The van der Waals surface area contributed by atoms with Crippen molar-refractivity contribution in [3.63, 3.8) is 0 Å². The van der Waals surface area contributed by atoms with Crippen LogP contribution in [-0.2, 0) is 0 Å². The molecule has 2 atom stereocenters. The summed E-state index contributed by atoms with van der Waals surface area (Å²) in [5.41, 5.74) is 0. The number of hydrogen-bond donors (Lipinski definition) is 1. The van der Waals surface area contributed by atoms with Gasteiger partial charge in [-0.25, -0.2) is 0 Å². The van der Waals surface area contributed by atoms with Crippen molar-refractivity contribution >= 4 is 0 Å². The molecule has 16 heavy (non-hydrogen) atoms. The summed E-state index contributed by atoms with van der Waals surface area (Å²) in [5.74, 6) is 1.87. The molecule has 1 saturated heterocycles. The van der Waals surface area contributed by atoms with Crippen LogP contribution in [0.4, 0.5) is 0 Å². The summed E-state index contributed by atoms with van der Waals surface area (Å²) >= 11 is 0. The van der Waals surface area contributed by atoms with Crippen LogP contribution in [0, 0.1) is 11.8 Å². The average molecular weight is 224 g/mol. The molecular formula is C14H28N2. The Morgan fingerprint density at radius 1 is 1.06 bits per heavy atom. The third kappa shape index (κ3) is 3.46. The first-order valence-electron chi connectivity index (χ1n) is 7.17. The molecule has 1 aliphatic heterocycles. The van der Waals surface area contributed by atoms with E-state index in [1.165, 1.54) is 58.2 Å². The van der Waals surface area contributed by atoms with Crippen LogP contribution in [0.25, 0.3) is 0 Å². The normalized spacial score (nSPS) is 32.4. The molecule has 1 saturated carbocycles. The van der Waals surface area contributed by atoms with Gasteiger partial charge in [0.15, 0.2) is 0 Å². The average Bonchev–Trinajstić information content (AvgIpc) is 2.66. The van der Waals surface area contributed by atoms with Crippen molar-refractivity contribution in [1.29, 1.82) is 0 Å². The van der Waals surface area contributed by atoms with E-state index >= 15 is 0 Å². The third-order valence-corrected chi connectivity index (χ3v) is 4.53. The Labute approximate surface area is 101 Å². The first kappa shape index (κ1) is 12.4. The van der Waals surface area contributed by atoms with E-state index in [2.05, 4.69) is 24.2 Å². The van der Waals surface area contributed by atoms with E-state index in [1.807, 2.05) is 0 Å². The van der Waals surface area contributed by atoms with Crippen LogP contribution in [-0.4, -0.2) is 37.6 Å². The van der Waals surface area contributed by atoms with Gasteiger partial charge in [0.05, 0.1) is 0 Å². The van der Waals surface area contributed by atoms with E-state index in [-0.39, 0.29) is 0 Å². The van der Waals surface area contributed by atoms with Crippen LogP contribution >= 0.6 is 0 Å². The van der Waals surface area contributed by atoms with Crippen LogP contribution in [0.5, 0.6) is 0 Å². The summed E-state index contributed by atoms with van der Waals surface area (Å²) < 4.78 is 0. The molecule has 0 bridgehead atoms. The molecule has 0 amide bonds. The van der Waals surface area contributed by atoms with Gasteiger partial charge >= 0.3 is 0 Å². The van der Waals surface area contributed by atoms with Crippen molar-refractivity contribution in [3.05, 3.63) is 0 Å². The van der Waals surface area contributed by atoms with E-state index in [4.69, 9.17) is 0 Å². The highest BCUT2D eigenvalue weighted by Gasteiger charge is 2.24. The Balaban J connectivity index is 1.68. The van der Waals surface area contributed by atoms with Gasteiger partial charge in [0.1, 0.15) is 0 Å². The maximum absolute atomic E-state index is 3.55. The summed E-state index contributed by atoms with van der Waals surface area (Å²) in [4.78, 5) is 2.59. The van der Waals surface area contributed by atoms with E-state index in [1.54, 1.807) is 0 Å². The largest absolute Gasteiger partial charge is 0.314 e. The molecule has 94 valence electrons. The lowest BCUT2D eigenvalue weighted by Gasteiger charge is -2.29. The van der Waals surface area contributed by atoms with Gasteiger partial charge in [-0.15, -0.1) is 0 Å². The molecule has 1 heterocycles. The molecule has 2 rings (SSSR count). The van der Waals surface area contributed by atoms with Gasteiger partial charge in [0.25, 0.3) is 0 Å². The number of nitrogens with one attached hydrogen (secondary N) is 1. The van der Waals surface area contributed by atoms with Crippen LogP contribution in [0.1, 0.15) is 45.4 Å². The maximum Gasteiger partial charge on any atom is 0.00796 e. The first-order valence-corrected chi connectivity index (χ1v) is 7.17. The lowest BCUT2D eigenvalue weighted by atomic mass is 9.88. The van der Waals surface area contributed by atoms with Crippen molar-refractivity contribution in [2.75, 3.05) is 26.7 Å². The van der Waals surface area contributed by atoms with Gasteiger partial charge < -0.3 is 10.2 Å². The van der Waals surface area contributed by atoms with Gasteiger partial charge in [-0.3, -0.25) is 0 Å². The highest BCUT2D eigenvalue weighted by molar-refractivity contribution is 4.82. The second-order valence-corrected chi connectivity index (χ2v) is 6.02. The highest BCUT2D eigenvalue weighted by Crippen LogP contribution is 2.25. The number of rotatable bonds is 4. The minimum atomic E-state index is 0.730. The van der Waals surface area contributed by atoms with E-state index < -0.39 is 0 Å². The molecule has 1 aliphatic carbocycles. The summed E-state index contributed by atoms with van der Waals surface area (Å²) in [5, 5.41) is 3.55. The molecule has 0 aromatic carbocycles. The van der Waals surface area contributed by atoms with Crippen molar-refractivity contribution in [1.82, 2.24) is 10.2 Å². The molecular weight excluding hydrogens is 196 g/mol. The Morgan fingerprint density at radius 3 is 2.44 bits per heavy atom. The Bertz CT molecular complexity index is 199. The fourth-order valence-corrected chi connectivity index (χ4v) is 3.45. The zero-order chi connectivity index (χ0) is 11.4. The van der Waals surface area contributed by atoms with Gasteiger partial charge in [-0.05, 0) is 51.6 Å². The monoisotopic (exact) mass is 224 g/mol. The molecule has 0 spiro atoms. The molecule has 2 heteroatoms. The van der Waals surface area contributed by atoms with Crippen molar-refractivity contribution in [2.45, 2.75) is 51.5 Å². The first-order chi connectivity index (χ1) is 7.75. The lowest BCUT2D eigenvalue weighted by molar-refractivity contribution is 0.203. The van der Waals surface area contributed by atoms with Crippen molar-refractivity contribution < 1.29 is 0 Å². The van der Waals surface area contributed by atoms with Crippen LogP contribution in [0.2, 0.25) is 0 Å². The van der Waals surface area contributed by atoms with Gasteiger partial charge in [0, 0.05) is 19.1 Å². The van der Waals surface area contributed by atoms with Crippen LogP contribution in [0.3, 0.4) is 0 Å². The highest BCUT2D eigenvalue weighted by atomic mass is 15.1. The summed E-state index contributed by atoms with van der Waals surface area (Å²) in [7, 11) is 2.32. The van der Waals surface area contributed by atoms with E-state index in [0.717, 1.165) is 17.9 Å². The Kier molecular flexibility index (Phi) is 4.66. The minimum absolute atomic E-state index is 0.730. The molecule has 2 aliphatic rings. The van der Waals surface area contributed by atoms with Crippen LogP contribution < -0.4 is 5.32 Å². The maximum atomic E-state index is 3.55. The second kappa shape index (κ2) is 6.02. The Hall–Kier alpha value is -0.0800. The van der Waals surface area contributed by atoms with Crippen LogP contribution in [0.15, 0.2) is 0 Å². The van der Waals surface area contributed by atoms with Gasteiger partial charge in [0.2, 0.25) is 0 Å². The summed E-state index contributed by atoms with van der Waals surface area (Å²) in [6.45, 7) is 6.20. The molecule has 0 radical (unpaired) electrons. The van der Waals surface area contributed by atoms with Crippen molar-refractivity contribution in [2.24, 2.45) is 11.8 Å². The molecule has 2 fully saturated rings. The molecule has 1 N–H and O–H groups in total. The number of hydrogen-bond acceptors (Lipinski definition) is 2. The summed E-state index contributed by atoms with van der Waals surface area (Å²) in [6.07, 6.45) is 8.74. The zero-order valence-electron chi connectivity index (χ0n) is 11.0. The molecule has 2 unspecified atom stereocenters. The predicted octanol–water partition coefficient (Wildman–Crippen LogP) is 2.50. The summed E-state index contributed by atoms with van der Waals surface area (Å²) in [6, 6.07) is 0.730. The SMILES string of the molecule is CC1NCCC1CN(C)CC1CCCCC1. The van der Waals surface area contributed by atoms with E-state index in [9.17, 15) is 0 Å². The fourth-order valence-electron chi connectivity index (χ4n) is 3.45. The molecule has 0 aromatic heterocycles. The number of nitrogens with zero attached hydrogens (tertiary/aromatic N) is 1. The quantitative estimate of drug-likeness (QED) is 0.789. The smallest absolute Gasteiger partial charge is 0.00796 e. The zero-order valence-corrected chi connectivity index (χ0v) is 11.0. The second-order valence-electron chi connectivity index (χ2n) is 6.02. The fraction of sp³-hybridized carbons (Fsp3) is 1.00. The standard InChI is InChI=1S/C14H28N2/c1-12-14(8-9-15-12)11-16(2)10-13-6-4-3-5-7-13/h12-15H,3-11H2,1-2H3. The van der Waals surface area contributed by atoms with Gasteiger partial charge in [-0.1, -0.05) is 19.3 Å². The van der Waals surface area contributed by atoms with Gasteiger partial charge in [-0.2, -0.15) is 0 Å². The predicted molar refractivity (Wildman–Crippen MR) is 69.6 cm³/mol. The molecule has 0 aromatic rings. The lowest BCUT2D eigenvalue weighted by Crippen LogP contribution is -2.35. The van der Waals surface area contributed by atoms with E-state index in [0.29, 0.717) is 0 Å². The topological polar surface area (TPSA) is 15.3 Å². The molecule has 2 nitrogen and oxygen atoms in total. The third-order valence-electron chi connectivity index (χ3n) is 4.53. The minimum Gasteiger partial charge on any atom is -0.314 e.